The van der Waals surface area contributed by atoms with Crippen molar-refractivity contribution in [2.75, 3.05) is 0 Å². The highest BCUT2D eigenvalue weighted by atomic mass is 32.1. The largest absolute Gasteiger partial charge is 0.507 e. The molecule has 0 unspecified atom stereocenters. The SMILES string of the molecule is CC(C)(C)c1cc(-c2ccc(-c3ccc(C#N)cc3)cc2)c2nc(-c3ccccc3O)sc2c1. The zero-order valence-electron chi connectivity index (χ0n) is 19.3. The van der Waals surface area contributed by atoms with Crippen LogP contribution in [0.1, 0.15) is 31.9 Å². The van der Waals surface area contributed by atoms with Crippen LogP contribution in [0.5, 0.6) is 5.75 Å². The van der Waals surface area contributed by atoms with Crippen molar-refractivity contribution in [1.82, 2.24) is 4.98 Å². The van der Waals surface area contributed by atoms with Gasteiger partial charge in [-0.15, -0.1) is 11.3 Å². The Labute approximate surface area is 203 Å². The fourth-order valence-electron chi connectivity index (χ4n) is 4.03. The number of phenolic OH excluding ortho intramolecular Hbond substituents is 1. The van der Waals surface area contributed by atoms with Crippen LogP contribution in [-0.2, 0) is 5.41 Å². The fraction of sp³-hybridized carbons (Fsp3) is 0.133. The number of rotatable bonds is 3. The lowest BCUT2D eigenvalue weighted by atomic mass is 9.85. The molecule has 1 N–H and O–H groups in total. The molecule has 0 fully saturated rings. The molecule has 4 aromatic carbocycles. The third-order valence-corrected chi connectivity index (χ3v) is 7.07. The highest BCUT2D eigenvalue weighted by Crippen LogP contribution is 2.41. The first-order valence-electron chi connectivity index (χ1n) is 11.2. The minimum atomic E-state index is -0.00952. The monoisotopic (exact) mass is 460 g/mol. The van der Waals surface area contributed by atoms with Gasteiger partial charge in [-0.05, 0) is 64.1 Å². The van der Waals surface area contributed by atoms with Gasteiger partial charge in [0, 0.05) is 5.56 Å². The van der Waals surface area contributed by atoms with E-state index >= 15 is 0 Å². The van der Waals surface area contributed by atoms with Crippen molar-refractivity contribution in [3.8, 4) is 44.6 Å². The van der Waals surface area contributed by atoms with Gasteiger partial charge in [-0.1, -0.05) is 69.3 Å². The Morgan fingerprint density at radius 2 is 1.41 bits per heavy atom. The van der Waals surface area contributed by atoms with Gasteiger partial charge < -0.3 is 5.11 Å². The van der Waals surface area contributed by atoms with Gasteiger partial charge in [0.25, 0.3) is 0 Å². The lowest BCUT2D eigenvalue weighted by Gasteiger charge is -2.20. The number of phenols is 1. The van der Waals surface area contributed by atoms with Crippen LogP contribution >= 0.6 is 11.3 Å². The second-order valence-electron chi connectivity index (χ2n) is 9.42. The van der Waals surface area contributed by atoms with Gasteiger partial charge in [-0.3, -0.25) is 0 Å². The van der Waals surface area contributed by atoms with Gasteiger partial charge in [-0.25, -0.2) is 4.98 Å². The van der Waals surface area contributed by atoms with E-state index in [1.54, 1.807) is 17.4 Å². The molecule has 5 aromatic rings. The number of hydrogen-bond acceptors (Lipinski definition) is 4. The smallest absolute Gasteiger partial charge is 0.128 e. The third-order valence-electron chi connectivity index (χ3n) is 6.04. The molecule has 3 nitrogen and oxygen atoms in total. The van der Waals surface area contributed by atoms with E-state index in [-0.39, 0.29) is 11.2 Å². The molecule has 0 saturated heterocycles. The van der Waals surface area contributed by atoms with E-state index in [1.165, 1.54) is 5.56 Å². The lowest BCUT2D eigenvalue weighted by Crippen LogP contribution is -2.11. The summed E-state index contributed by atoms with van der Waals surface area (Å²) in [7, 11) is 0. The Bertz CT molecular complexity index is 1530. The first kappa shape index (κ1) is 21.9. The summed E-state index contributed by atoms with van der Waals surface area (Å²) in [4.78, 5) is 4.97. The van der Waals surface area contributed by atoms with Crippen molar-refractivity contribution in [2.45, 2.75) is 26.2 Å². The predicted molar refractivity (Wildman–Crippen MR) is 141 cm³/mol. The van der Waals surface area contributed by atoms with Crippen LogP contribution < -0.4 is 0 Å². The van der Waals surface area contributed by atoms with E-state index in [4.69, 9.17) is 10.2 Å². The number of nitriles is 1. The van der Waals surface area contributed by atoms with Crippen LogP contribution in [0.2, 0.25) is 0 Å². The molecule has 166 valence electrons. The molecule has 4 heteroatoms. The van der Waals surface area contributed by atoms with Crippen molar-refractivity contribution >= 4 is 21.6 Å². The van der Waals surface area contributed by atoms with Crippen molar-refractivity contribution < 1.29 is 5.11 Å². The molecular weight excluding hydrogens is 436 g/mol. The van der Waals surface area contributed by atoms with E-state index in [2.05, 4.69) is 63.2 Å². The van der Waals surface area contributed by atoms with Crippen molar-refractivity contribution in [2.24, 2.45) is 0 Å². The molecule has 1 heterocycles. The Kier molecular flexibility index (Phi) is 5.43. The molecule has 34 heavy (non-hydrogen) atoms. The van der Waals surface area contributed by atoms with Gasteiger partial charge in [0.15, 0.2) is 0 Å². The number of para-hydroxylation sites is 1. The summed E-state index contributed by atoms with van der Waals surface area (Å²) in [6.45, 7) is 6.66. The van der Waals surface area contributed by atoms with E-state index < -0.39 is 0 Å². The van der Waals surface area contributed by atoms with Crippen LogP contribution in [-0.4, -0.2) is 10.1 Å². The van der Waals surface area contributed by atoms with Crippen LogP contribution in [0.4, 0.5) is 0 Å². The molecule has 1 aromatic heterocycles. The summed E-state index contributed by atoms with van der Waals surface area (Å²) in [5.41, 5.74) is 7.97. The Morgan fingerprint density at radius 1 is 0.794 bits per heavy atom. The molecule has 0 atom stereocenters. The summed E-state index contributed by atoms with van der Waals surface area (Å²) in [6.07, 6.45) is 0. The quantitative estimate of drug-likeness (QED) is 0.295. The highest BCUT2D eigenvalue weighted by Gasteiger charge is 2.20. The molecule has 0 aliphatic rings. The average molecular weight is 461 g/mol. The maximum atomic E-state index is 10.4. The van der Waals surface area contributed by atoms with Crippen LogP contribution in [0.15, 0.2) is 84.9 Å². The molecule has 0 aliphatic carbocycles. The number of hydrogen-bond donors (Lipinski definition) is 1. The summed E-state index contributed by atoms with van der Waals surface area (Å²) >= 11 is 1.61. The van der Waals surface area contributed by atoms with E-state index in [9.17, 15) is 5.11 Å². The van der Waals surface area contributed by atoms with E-state index in [1.807, 2.05) is 42.5 Å². The molecular formula is C30H24N2OS. The van der Waals surface area contributed by atoms with Gasteiger partial charge >= 0.3 is 0 Å². The minimum Gasteiger partial charge on any atom is -0.507 e. The van der Waals surface area contributed by atoms with Crippen LogP contribution in [0, 0.1) is 11.3 Å². The minimum absolute atomic E-state index is 0.00952. The molecule has 0 amide bonds. The highest BCUT2D eigenvalue weighted by molar-refractivity contribution is 7.21. The van der Waals surface area contributed by atoms with Crippen molar-refractivity contribution in [3.05, 3.63) is 96.1 Å². The lowest BCUT2D eigenvalue weighted by molar-refractivity contribution is 0.477. The second-order valence-corrected chi connectivity index (χ2v) is 10.5. The Hall–Kier alpha value is -3.94. The third kappa shape index (κ3) is 4.07. The first-order valence-corrected chi connectivity index (χ1v) is 12.0. The fourth-order valence-corrected chi connectivity index (χ4v) is 5.10. The van der Waals surface area contributed by atoms with Gasteiger partial charge in [0.1, 0.15) is 10.8 Å². The summed E-state index contributed by atoms with van der Waals surface area (Å²) in [5, 5.41) is 20.2. The zero-order valence-corrected chi connectivity index (χ0v) is 20.1. The second kappa shape index (κ2) is 8.44. The molecule has 0 saturated carbocycles. The number of fused-ring (bicyclic) bond motifs is 1. The summed E-state index contributed by atoms with van der Waals surface area (Å²) in [6, 6.07) is 30.1. The summed E-state index contributed by atoms with van der Waals surface area (Å²) < 4.78 is 1.11. The van der Waals surface area contributed by atoms with Crippen LogP contribution in [0.25, 0.3) is 43.0 Å². The molecule has 5 rings (SSSR count). The van der Waals surface area contributed by atoms with Gasteiger partial charge in [-0.2, -0.15) is 5.26 Å². The van der Waals surface area contributed by atoms with E-state index in [0.717, 1.165) is 43.0 Å². The molecule has 0 aliphatic heterocycles. The van der Waals surface area contributed by atoms with Crippen molar-refractivity contribution in [1.29, 1.82) is 5.26 Å². The average Bonchev–Trinajstić information content (AvgIpc) is 3.27. The molecule has 0 radical (unpaired) electrons. The van der Waals surface area contributed by atoms with Crippen LogP contribution in [0.3, 0.4) is 0 Å². The predicted octanol–water partition coefficient (Wildman–Crippen LogP) is 8.17. The molecule has 0 bridgehead atoms. The molecule has 0 spiro atoms. The first-order chi connectivity index (χ1) is 16.3. The van der Waals surface area contributed by atoms with Crippen molar-refractivity contribution in [3.63, 3.8) is 0 Å². The normalized spacial score (nSPS) is 11.5. The van der Waals surface area contributed by atoms with Gasteiger partial charge in [0.05, 0.1) is 27.4 Å². The Balaban J connectivity index is 1.64. The number of aromatic nitrogens is 1. The standard InChI is InChI=1S/C30H24N2OS/c1-30(2,3)23-16-25(22-14-12-21(13-15-22)20-10-8-19(18-31)9-11-20)28-27(17-23)34-29(32-28)24-6-4-5-7-26(24)33/h4-17,33H,1-3H3. The number of nitrogens with zero attached hydrogens (tertiary/aromatic N) is 2. The van der Waals surface area contributed by atoms with Gasteiger partial charge in [0.2, 0.25) is 0 Å². The maximum absolute atomic E-state index is 10.4. The summed E-state index contributed by atoms with van der Waals surface area (Å²) in [5.74, 6) is 0.242. The maximum Gasteiger partial charge on any atom is 0.128 e. The number of thiazole rings is 1. The number of benzene rings is 4. The number of aromatic hydroxyl groups is 1. The van der Waals surface area contributed by atoms with E-state index in [0.29, 0.717) is 5.56 Å². The topological polar surface area (TPSA) is 56.9 Å². The Morgan fingerprint density at radius 3 is 2.03 bits per heavy atom. The zero-order chi connectivity index (χ0) is 23.9.